The summed E-state index contributed by atoms with van der Waals surface area (Å²) in [4.78, 5) is 11.9. The van der Waals surface area contributed by atoms with Crippen molar-refractivity contribution in [3.05, 3.63) is 0 Å². The fourth-order valence-corrected chi connectivity index (χ4v) is 5.69. The molecule has 0 spiro atoms. The summed E-state index contributed by atoms with van der Waals surface area (Å²) < 4.78 is 5.53. The Morgan fingerprint density at radius 1 is 1.04 bits per heavy atom. The van der Waals surface area contributed by atoms with E-state index in [1.54, 1.807) is 0 Å². The second-order valence-corrected chi connectivity index (χ2v) is 9.73. The Morgan fingerprint density at radius 3 is 2.33 bits per heavy atom. The molecule has 0 aromatic rings. The van der Waals surface area contributed by atoms with Gasteiger partial charge >= 0.3 is 5.97 Å². The van der Waals surface area contributed by atoms with Gasteiger partial charge in [-0.15, -0.1) is 0 Å². The van der Waals surface area contributed by atoms with Crippen LogP contribution in [0.25, 0.3) is 0 Å². The molecule has 2 aliphatic carbocycles. The molecular weight excluding hydrogens is 364 g/mol. The topological polar surface area (TPSA) is 26.3 Å². The van der Waals surface area contributed by atoms with Crippen LogP contribution in [-0.2, 0) is 9.53 Å². The molecular formula is C21H37BrO2. The van der Waals surface area contributed by atoms with Gasteiger partial charge in [0.15, 0.2) is 0 Å². The summed E-state index contributed by atoms with van der Waals surface area (Å²) in [5.74, 6) is 2.79. The average molecular weight is 401 g/mol. The molecule has 0 saturated heterocycles. The third-order valence-corrected chi connectivity index (χ3v) is 6.74. The zero-order valence-electron chi connectivity index (χ0n) is 15.8. The monoisotopic (exact) mass is 400 g/mol. The zero-order valence-corrected chi connectivity index (χ0v) is 17.4. The summed E-state index contributed by atoms with van der Waals surface area (Å²) in [6.45, 7) is 5.48. The molecule has 2 nitrogen and oxygen atoms in total. The highest BCUT2D eigenvalue weighted by molar-refractivity contribution is 9.09. The van der Waals surface area contributed by atoms with Crippen molar-refractivity contribution in [2.75, 3.05) is 11.9 Å². The van der Waals surface area contributed by atoms with Crippen molar-refractivity contribution >= 4 is 21.9 Å². The number of alkyl halides is 1. The van der Waals surface area contributed by atoms with Crippen LogP contribution in [-0.4, -0.2) is 17.9 Å². The van der Waals surface area contributed by atoms with Gasteiger partial charge in [0.1, 0.15) is 0 Å². The van der Waals surface area contributed by atoms with Crippen LogP contribution in [0.15, 0.2) is 0 Å². The zero-order chi connectivity index (χ0) is 17.4. The maximum atomic E-state index is 11.9. The number of halogens is 1. The van der Waals surface area contributed by atoms with E-state index < -0.39 is 0 Å². The number of unbranched alkanes of at least 4 members (excludes halogenated alkanes) is 4. The van der Waals surface area contributed by atoms with Gasteiger partial charge in [-0.05, 0) is 74.5 Å². The minimum absolute atomic E-state index is 0.0173. The average Bonchev–Trinajstić information content (AvgIpc) is 2.49. The molecule has 0 heterocycles. The van der Waals surface area contributed by atoms with Gasteiger partial charge in [-0.2, -0.15) is 0 Å². The predicted molar refractivity (Wildman–Crippen MR) is 104 cm³/mol. The molecule has 0 aromatic heterocycles. The van der Waals surface area contributed by atoms with Crippen LogP contribution >= 0.6 is 15.9 Å². The number of fused-ring (bicyclic) bond motifs is 2. The van der Waals surface area contributed by atoms with Crippen molar-refractivity contribution in [2.45, 2.75) is 90.9 Å². The maximum Gasteiger partial charge on any atom is 0.305 e. The maximum absolute atomic E-state index is 11.9. The number of ether oxygens (including phenoxy) is 1. The summed E-state index contributed by atoms with van der Waals surface area (Å²) >= 11 is 3.45. The summed E-state index contributed by atoms with van der Waals surface area (Å²) in [6.07, 6.45) is 14.5. The first-order valence-electron chi connectivity index (χ1n) is 10.2. The number of carbonyl (C=O) groups excluding carboxylic acids is 1. The van der Waals surface area contributed by atoms with Crippen molar-refractivity contribution in [2.24, 2.45) is 23.2 Å². The second-order valence-electron chi connectivity index (χ2n) is 8.94. The van der Waals surface area contributed by atoms with Crippen molar-refractivity contribution < 1.29 is 9.53 Å². The first-order chi connectivity index (χ1) is 11.5. The standard InChI is InChI=1S/C21H37BrO2/c1-17-12-18-14-19(13-17)16-21(2,15-18)9-11-24-20(23)8-6-4-3-5-7-10-22/h17-19H,3-16H2,1-2H3. The molecule has 0 N–H and O–H groups in total. The fourth-order valence-electron chi connectivity index (χ4n) is 5.29. The van der Waals surface area contributed by atoms with Gasteiger partial charge in [0.2, 0.25) is 0 Å². The summed E-state index contributed by atoms with van der Waals surface area (Å²) in [5.41, 5.74) is 0.406. The van der Waals surface area contributed by atoms with Crippen LogP contribution in [0.1, 0.15) is 90.9 Å². The van der Waals surface area contributed by atoms with E-state index in [1.807, 2.05) is 0 Å². The van der Waals surface area contributed by atoms with E-state index in [4.69, 9.17) is 4.74 Å². The number of esters is 1. The van der Waals surface area contributed by atoms with Gasteiger partial charge < -0.3 is 4.74 Å². The van der Waals surface area contributed by atoms with Gasteiger partial charge in [-0.25, -0.2) is 0 Å². The lowest BCUT2D eigenvalue weighted by Gasteiger charge is -2.47. The predicted octanol–water partition coefficient (Wildman–Crippen LogP) is 6.51. The number of hydrogen-bond donors (Lipinski definition) is 0. The molecule has 0 aromatic carbocycles. The number of hydrogen-bond acceptors (Lipinski definition) is 2. The Kier molecular flexibility index (Phi) is 8.60. The van der Waals surface area contributed by atoms with E-state index in [9.17, 15) is 4.79 Å². The summed E-state index contributed by atoms with van der Waals surface area (Å²) in [7, 11) is 0. The van der Waals surface area contributed by atoms with E-state index >= 15 is 0 Å². The lowest BCUT2D eigenvalue weighted by molar-refractivity contribution is -0.144. The van der Waals surface area contributed by atoms with E-state index in [0.29, 0.717) is 18.4 Å². The third-order valence-electron chi connectivity index (χ3n) is 6.18. The van der Waals surface area contributed by atoms with Crippen LogP contribution in [0, 0.1) is 23.2 Å². The van der Waals surface area contributed by atoms with Crippen LogP contribution in [0.5, 0.6) is 0 Å². The molecule has 2 bridgehead atoms. The van der Waals surface area contributed by atoms with Gasteiger partial charge in [0, 0.05) is 11.8 Å². The minimum Gasteiger partial charge on any atom is -0.466 e. The number of rotatable bonds is 10. The van der Waals surface area contributed by atoms with Gasteiger partial charge in [-0.3, -0.25) is 4.79 Å². The first kappa shape index (κ1) is 20.3. The second kappa shape index (κ2) is 10.2. The van der Waals surface area contributed by atoms with Crippen molar-refractivity contribution in [3.63, 3.8) is 0 Å². The normalized spacial score (nSPS) is 32.5. The molecule has 0 amide bonds. The van der Waals surface area contributed by atoms with Gasteiger partial charge in [0.05, 0.1) is 6.61 Å². The molecule has 24 heavy (non-hydrogen) atoms. The first-order valence-corrected chi connectivity index (χ1v) is 11.3. The Bertz CT molecular complexity index is 364. The Labute approximate surface area is 157 Å². The van der Waals surface area contributed by atoms with E-state index in [-0.39, 0.29) is 5.97 Å². The quantitative estimate of drug-likeness (QED) is 0.237. The van der Waals surface area contributed by atoms with Crippen LogP contribution in [0.3, 0.4) is 0 Å². The minimum atomic E-state index is 0.0173. The molecule has 0 radical (unpaired) electrons. The van der Waals surface area contributed by atoms with E-state index in [2.05, 4.69) is 29.8 Å². The largest absolute Gasteiger partial charge is 0.466 e. The lowest BCUT2D eigenvalue weighted by Crippen LogP contribution is -2.36. The molecule has 0 aliphatic heterocycles. The van der Waals surface area contributed by atoms with E-state index in [0.717, 1.165) is 42.3 Å². The highest BCUT2D eigenvalue weighted by Gasteiger charge is 2.40. The molecule has 2 rings (SSSR count). The van der Waals surface area contributed by atoms with Crippen LogP contribution < -0.4 is 0 Å². The van der Waals surface area contributed by atoms with Gasteiger partial charge in [0.25, 0.3) is 0 Å². The molecule has 2 saturated carbocycles. The van der Waals surface area contributed by atoms with E-state index in [1.165, 1.54) is 51.4 Å². The molecule has 3 heteroatoms. The van der Waals surface area contributed by atoms with Crippen molar-refractivity contribution in [3.8, 4) is 0 Å². The van der Waals surface area contributed by atoms with Gasteiger partial charge in [-0.1, -0.05) is 49.0 Å². The van der Waals surface area contributed by atoms with Crippen molar-refractivity contribution in [1.82, 2.24) is 0 Å². The Balaban J connectivity index is 1.57. The van der Waals surface area contributed by atoms with Crippen molar-refractivity contribution in [1.29, 1.82) is 0 Å². The molecule has 2 fully saturated rings. The third kappa shape index (κ3) is 7.06. The smallest absolute Gasteiger partial charge is 0.305 e. The SMILES string of the molecule is CC1CC2CC(C1)CC(C)(CCOC(=O)CCCCCCCBr)C2. The Morgan fingerprint density at radius 2 is 1.67 bits per heavy atom. The lowest BCUT2D eigenvalue weighted by atomic mass is 9.59. The highest BCUT2D eigenvalue weighted by Crippen LogP contribution is 2.51. The summed E-state index contributed by atoms with van der Waals surface area (Å²) in [6, 6.07) is 0. The van der Waals surface area contributed by atoms with Crippen LogP contribution in [0.2, 0.25) is 0 Å². The fraction of sp³-hybridized carbons (Fsp3) is 0.952. The molecule has 2 atom stereocenters. The molecule has 2 aliphatic rings. The summed E-state index contributed by atoms with van der Waals surface area (Å²) in [5, 5.41) is 1.09. The molecule has 2 unspecified atom stereocenters. The molecule has 140 valence electrons. The highest BCUT2D eigenvalue weighted by atomic mass is 79.9. The van der Waals surface area contributed by atoms with Crippen LogP contribution in [0.4, 0.5) is 0 Å². The Hall–Kier alpha value is -0.0500. The number of carbonyl (C=O) groups is 1.